The van der Waals surface area contributed by atoms with Gasteiger partial charge in [-0.25, -0.2) is 0 Å². The zero-order valence-electron chi connectivity index (χ0n) is 40.5. The van der Waals surface area contributed by atoms with Crippen LogP contribution in [-0.4, -0.2) is 47.4 Å². The van der Waals surface area contributed by atoms with E-state index < -0.39 is 12.1 Å². The standard InChI is InChI=1S/C54H105NO5/c1-3-5-7-9-11-13-15-17-19-24-28-32-36-40-44-48-54(59)60-49-45-41-37-33-29-25-21-18-20-23-27-31-35-39-43-47-53(58)55-51(50-56)52(57)46-42-38-34-30-26-22-16-14-12-10-8-6-4-2/h21,25,51-52,56-57H,3-20,22-24,26-50H2,1-2H3,(H,55,58)/b25-21-. The molecule has 2 unspecified atom stereocenters. The van der Waals surface area contributed by atoms with Crippen LogP contribution >= 0.6 is 0 Å². The molecular formula is C54H105NO5. The largest absolute Gasteiger partial charge is 0.466 e. The molecule has 0 aliphatic heterocycles. The Balaban J connectivity index is 3.45. The summed E-state index contributed by atoms with van der Waals surface area (Å²) in [4.78, 5) is 24.5. The van der Waals surface area contributed by atoms with E-state index in [0.29, 0.717) is 25.9 Å². The van der Waals surface area contributed by atoms with Gasteiger partial charge in [0.25, 0.3) is 0 Å². The van der Waals surface area contributed by atoms with Crippen LogP contribution < -0.4 is 5.32 Å². The molecule has 6 nitrogen and oxygen atoms in total. The predicted molar refractivity (Wildman–Crippen MR) is 260 cm³/mol. The van der Waals surface area contributed by atoms with Gasteiger partial charge in [-0.05, 0) is 51.4 Å². The molecule has 0 aliphatic carbocycles. The Morgan fingerprint density at radius 1 is 0.450 bits per heavy atom. The van der Waals surface area contributed by atoms with Crippen molar-refractivity contribution in [2.75, 3.05) is 13.2 Å². The highest BCUT2D eigenvalue weighted by atomic mass is 16.5. The summed E-state index contributed by atoms with van der Waals surface area (Å²) in [5.74, 6) is -0.0563. The van der Waals surface area contributed by atoms with Gasteiger partial charge in [-0.3, -0.25) is 9.59 Å². The molecule has 356 valence electrons. The average Bonchev–Trinajstić information content (AvgIpc) is 3.25. The van der Waals surface area contributed by atoms with Gasteiger partial charge in [-0.1, -0.05) is 244 Å². The lowest BCUT2D eigenvalue weighted by Crippen LogP contribution is -2.45. The predicted octanol–water partition coefficient (Wildman–Crippen LogP) is 16.1. The maximum atomic E-state index is 12.4. The van der Waals surface area contributed by atoms with Crippen LogP contribution in [0.1, 0.15) is 296 Å². The minimum absolute atomic E-state index is 0.00694. The number of esters is 1. The second kappa shape index (κ2) is 50.2. The van der Waals surface area contributed by atoms with Crippen LogP contribution in [0.3, 0.4) is 0 Å². The van der Waals surface area contributed by atoms with Crippen molar-refractivity contribution in [3.63, 3.8) is 0 Å². The first-order valence-corrected chi connectivity index (χ1v) is 26.9. The van der Waals surface area contributed by atoms with Gasteiger partial charge in [-0.15, -0.1) is 0 Å². The SMILES string of the molecule is CCCCCCCCCCCCCCCCCC(=O)OCCCCCC/C=C\CCCCCCCCCC(=O)NC(CO)C(O)CCCCCCCCCCCCCCC. The number of carbonyl (C=O) groups is 2. The van der Waals surface area contributed by atoms with Crippen molar-refractivity contribution in [2.45, 2.75) is 309 Å². The van der Waals surface area contributed by atoms with Crippen molar-refractivity contribution in [3.8, 4) is 0 Å². The number of rotatable bonds is 50. The number of aliphatic hydroxyl groups is 2. The molecule has 0 saturated carbocycles. The summed E-state index contributed by atoms with van der Waals surface area (Å²) in [5, 5.41) is 23.2. The highest BCUT2D eigenvalue weighted by molar-refractivity contribution is 5.76. The Morgan fingerprint density at radius 2 is 0.783 bits per heavy atom. The lowest BCUT2D eigenvalue weighted by Gasteiger charge is -2.22. The molecule has 0 heterocycles. The highest BCUT2D eigenvalue weighted by Crippen LogP contribution is 2.17. The van der Waals surface area contributed by atoms with Crippen LogP contribution in [0.25, 0.3) is 0 Å². The van der Waals surface area contributed by atoms with Crippen LogP contribution in [-0.2, 0) is 14.3 Å². The molecule has 0 radical (unpaired) electrons. The van der Waals surface area contributed by atoms with E-state index in [2.05, 4.69) is 31.3 Å². The smallest absolute Gasteiger partial charge is 0.305 e. The molecule has 0 aromatic carbocycles. The van der Waals surface area contributed by atoms with Crippen molar-refractivity contribution < 1.29 is 24.5 Å². The van der Waals surface area contributed by atoms with Gasteiger partial charge in [-0.2, -0.15) is 0 Å². The number of hydrogen-bond acceptors (Lipinski definition) is 5. The molecule has 2 atom stereocenters. The fourth-order valence-electron chi connectivity index (χ4n) is 8.40. The van der Waals surface area contributed by atoms with Gasteiger partial charge in [0.1, 0.15) is 0 Å². The van der Waals surface area contributed by atoms with Crippen molar-refractivity contribution in [2.24, 2.45) is 0 Å². The quantitative estimate of drug-likeness (QED) is 0.0322. The lowest BCUT2D eigenvalue weighted by atomic mass is 10.0. The normalized spacial score (nSPS) is 12.7. The van der Waals surface area contributed by atoms with Crippen molar-refractivity contribution >= 4 is 11.9 Å². The van der Waals surface area contributed by atoms with Gasteiger partial charge in [0.2, 0.25) is 5.91 Å². The van der Waals surface area contributed by atoms with E-state index in [-0.39, 0.29) is 18.5 Å². The third-order valence-electron chi connectivity index (χ3n) is 12.6. The molecule has 0 bridgehead atoms. The number of ether oxygens (including phenoxy) is 1. The van der Waals surface area contributed by atoms with E-state index in [4.69, 9.17) is 4.74 Å². The van der Waals surface area contributed by atoms with E-state index >= 15 is 0 Å². The summed E-state index contributed by atoms with van der Waals surface area (Å²) in [6.07, 6.45) is 57.6. The van der Waals surface area contributed by atoms with E-state index in [1.807, 2.05) is 0 Å². The minimum atomic E-state index is -0.672. The summed E-state index contributed by atoms with van der Waals surface area (Å²) < 4.78 is 5.46. The topological polar surface area (TPSA) is 95.9 Å². The van der Waals surface area contributed by atoms with E-state index in [1.54, 1.807) is 0 Å². The van der Waals surface area contributed by atoms with Crippen molar-refractivity contribution in [1.82, 2.24) is 5.32 Å². The van der Waals surface area contributed by atoms with Gasteiger partial charge in [0.15, 0.2) is 0 Å². The Kier molecular flexibility index (Phi) is 49.1. The molecule has 0 fully saturated rings. The second-order valence-electron chi connectivity index (χ2n) is 18.6. The summed E-state index contributed by atoms with van der Waals surface area (Å²) in [6, 6.07) is -0.551. The molecule has 0 rings (SSSR count). The number of amides is 1. The third kappa shape index (κ3) is 46.1. The first-order valence-electron chi connectivity index (χ1n) is 26.9. The fraction of sp³-hybridized carbons (Fsp3) is 0.926. The first kappa shape index (κ1) is 58.6. The number of aliphatic hydroxyl groups excluding tert-OH is 2. The van der Waals surface area contributed by atoms with Crippen LogP contribution in [0.4, 0.5) is 0 Å². The first-order chi connectivity index (χ1) is 29.5. The Hall–Kier alpha value is -1.40. The van der Waals surface area contributed by atoms with Crippen LogP contribution in [0.2, 0.25) is 0 Å². The maximum absolute atomic E-state index is 12.4. The van der Waals surface area contributed by atoms with Crippen molar-refractivity contribution in [1.29, 1.82) is 0 Å². The summed E-state index contributed by atoms with van der Waals surface area (Å²) in [6.45, 7) is 4.93. The number of carbonyl (C=O) groups excluding carboxylic acids is 2. The molecule has 0 aromatic rings. The summed E-state index contributed by atoms with van der Waals surface area (Å²) in [7, 11) is 0. The van der Waals surface area contributed by atoms with Crippen molar-refractivity contribution in [3.05, 3.63) is 12.2 Å². The Morgan fingerprint density at radius 3 is 1.18 bits per heavy atom. The molecule has 0 aromatic heterocycles. The third-order valence-corrected chi connectivity index (χ3v) is 12.6. The average molecular weight is 848 g/mol. The van der Waals surface area contributed by atoms with Crippen LogP contribution in [0.5, 0.6) is 0 Å². The number of allylic oxidation sites excluding steroid dienone is 2. The van der Waals surface area contributed by atoms with Crippen LogP contribution in [0.15, 0.2) is 12.2 Å². The van der Waals surface area contributed by atoms with Gasteiger partial charge >= 0.3 is 5.97 Å². The molecule has 1 amide bonds. The monoisotopic (exact) mass is 848 g/mol. The molecule has 0 aliphatic rings. The van der Waals surface area contributed by atoms with Gasteiger partial charge in [0, 0.05) is 12.8 Å². The Bertz CT molecular complexity index is 893. The molecule has 0 spiro atoms. The molecular weight excluding hydrogens is 743 g/mol. The molecule has 60 heavy (non-hydrogen) atoms. The van der Waals surface area contributed by atoms with E-state index in [0.717, 1.165) is 70.6 Å². The number of unbranched alkanes of at least 4 members (excludes halogenated alkanes) is 37. The maximum Gasteiger partial charge on any atom is 0.305 e. The molecule has 0 saturated heterocycles. The minimum Gasteiger partial charge on any atom is -0.466 e. The van der Waals surface area contributed by atoms with Crippen LogP contribution in [0, 0.1) is 0 Å². The van der Waals surface area contributed by atoms with Gasteiger partial charge in [0.05, 0.1) is 25.4 Å². The fourth-order valence-corrected chi connectivity index (χ4v) is 8.40. The molecule has 3 N–H and O–H groups in total. The molecule has 6 heteroatoms. The van der Waals surface area contributed by atoms with Gasteiger partial charge < -0.3 is 20.3 Å². The summed E-state index contributed by atoms with van der Waals surface area (Å²) >= 11 is 0. The second-order valence-corrected chi connectivity index (χ2v) is 18.6. The zero-order valence-corrected chi connectivity index (χ0v) is 40.5. The highest BCUT2D eigenvalue weighted by Gasteiger charge is 2.20. The Labute approximate surface area is 374 Å². The zero-order chi connectivity index (χ0) is 43.7. The van der Waals surface area contributed by atoms with E-state index in [9.17, 15) is 19.8 Å². The number of hydrogen-bond donors (Lipinski definition) is 3. The summed E-state index contributed by atoms with van der Waals surface area (Å²) in [5.41, 5.74) is 0. The number of nitrogens with one attached hydrogen (secondary N) is 1. The lowest BCUT2D eigenvalue weighted by molar-refractivity contribution is -0.143. The van der Waals surface area contributed by atoms with E-state index in [1.165, 1.54) is 193 Å².